The molecule has 1 saturated heterocycles. The van der Waals surface area contributed by atoms with Crippen LogP contribution in [-0.2, 0) is 6.54 Å². The summed E-state index contributed by atoms with van der Waals surface area (Å²) in [6, 6.07) is 12.3. The van der Waals surface area contributed by atoms with Crippen LogP contribution in [0.25, 0.3) is 22.8 Å². The van der Waals surface area contributed by atoms with E-state index in [9.17, 15) is 0 Å². The minimum atomic E-state index is 0.398. The van der Waals surface area contributed by atoms with Gasteiger partial charge in [-0.15, -0.1) is 5.10 Å². The average Bonchev–Trinajstić information content (AvgIpc) is 3.50. The number of piperidine rings is 1. The molecule has 1 aliphatic heterocycles. The van der Waals surface area contributed by atoms with Crippen LogP contribution < -0.4 is 5.32 Å². The van der Waals surface area contributed by atoms with Crippen molar-refractivity contribution < 1.29 is 4.52 Å². The van der Waals surface area contributed by atoms with E-state index in [1.807, 2.05) is 58.0 Å². The number of aromatic nitrogens is 6. The molecule has 1 aromatic carbocycles. The number of hydrogen-bond donors (Lipinski definition) is 1. The standard InChI is InChI=1S/C20H21N7O/c1-2-4-15(5-3-1)19-12-16(24-28-19)13-26-11-10-22-20(26)18-14-27(25-23-18)17-6-8-21-9-7-17/h1-5,10-12,14,17,21H,6-9,13H2. The van der Waals surface area contributed by atoms with Crippen molar-refractivity contribution in [2.75, 3.05) is 13.1 Å². The van der Waals surface area contributed by atoms with E-state index in [1.54, 1.807) is 6.20 Å². The molecule has 0 saturated carbocycles. The van der Waals surface area contributed by atoms with Crippen LogP contribution in [0.2, 0.25) is 0 Å². The van der Waals surface area contributed by atoms with Gasteiger partial charge in [0.15, 0.2) is 11.6 Å². The van der Waals surface area contributed by atoms with Crippen molar-refractivity contribution in [2.45, 2.75) is 25.4 Å². The first-order valence-electron chi connectivity index (χ1n) is 9.52. The van der Waals surface area contributed by atoms with Crippen LogP contribution in [0.5, 0.6) is 0 Å². The normalized spacial score (nSPS) is 15.1. The van der Waals surface area contributed by atoms with Crippen LogP contribution in [0.15, 0.2) is 59.5 Å². The van der Waals surface area contributed by atoms with Crippen molar-refractivity contribution in [2.24, 2.45) is 0 Å². The van der Waals surface area contributed by atoms with Gasteiger partial charge in [-0.05, 0) is 25.9 Å². The van der Waals surface area contributed by atoms with Crippen molar-refractivity contribution >= 4 is 0 Å². The van der Waals surface area contributed by atoms with Gasteiger partial charge in [-0.3, -0.25) is 0 Å². The molecule has 0 unspecified atom stereocenters. The van der Waals surface area contributed by atoms with Crippen molar-refractivity contribution in [1.82, 2.24) is 35.0 Å². The Morgan fingerprint density at radius 3 is 2.86 bits per heavy atom. The number of nitrogens with one attached hydrogen (secondary N) is 1. The summed E-state index contributed by atoms with van der Waals surface area (Å²) >= 11 is 0. The number of imidazole rings is 1. The average molecular weight is 375 g/mol. The molecule has 0 aliphatic carbocycles. The Morgan fingerprint density at radius 1 is 1.14 bits per heavy atom. The molecule has 1 N–H and O–H groups in total. The van der Waals surface area contributed by atoms with E-state index in [1.165, 1.54) is 0 Å². The Balaban J connectivity index is 1.36. The highest BCUT2D eigenvalue weighted by molar-refractivity contribution is 5.57. The molecule has 1 aliphatic rings. The number of hydrogen-bond acceptors (Lipinski definition) is 6. The Kier molecular flexibility index (Phi) is 4.46. The maximum Gasteiger partial charge on any atom is 0.167 e. The van der Waals surface area contributed by atoms with Gasteiger partial charge in [0.2, 0.25) is 0 Å². The van der Waals surface area contributed by atoms with E-state index in [-0.39, 0.29) is 0 Å². The van der Waals surface area contributed by atoms with Gasteiger partial charge in [-0.1, -0.05) is 40.7 Å². The molecule has 28 heavy (non-hydrogen) atoms. The van der Waals surface area contributed by atoms with Gasteiger partial charge in [0.1, 0.15) is 11.4 Å². The van der Waals surface area contributed by atoms with Crippen LogP contribution in [-0.4, -0.2) is 42.8 Å². The highest BCUT2D eigenvalue weighted by Gasteiger charge is 2.19. The second kappa shape index (κ2) is 7.40. The summed E-state index contributed by atoms with van der Waals surface area (Å²) in [4.78, 5) is 4.48. The van der Waals surface area contributed by atoms with Gasteiger partial charge in [-0.2, -0.15) is 0 Å². The molecule has 0 atom stereocenters. The summed E-state index contributed by atoms with van der Waals surface area (Å²) in [7, 11) is 0. The Hall–Kier alpha value is -3.26. The van der Waals surface area contributed by atoms with E-state index >= 15 is 0 Å². The molecule has 3 aromatic heterocycles. The molecule has 142 valence electrons. The maximum absolute atomic E-state index is 5.51. The summed E-state index contributed by atoms with van der Waals surface area (Å²) in [6.45, 7) is 2.60. The molecule has 0 amide bonds. The Morgan fingerprint density at radius 2 is 2.00 bits per heavy atom. The number of nitrogens with zero attached hydrogens (tertiary/aromatic N) is 6. The summed E-state index contributed by atoms with van der Waals surface area (Å²) in [5, 5.41) is 16.3. The molecule has 0 radical (unpaired) electrons. The molecule has 8 nitrogen and oxygen atoms in total. The van der Waals surface area contributed by atoms with Crippen LogP contribution in [0, 0.1) is 0 Å². The summed E-state index contributed by atoms with van der Waals surface area (Å²) < 4.78 is 9.50. The number of benzene rings is 1. The SMILES string of the molecule is c1ccc(-c2cc(Cn3ccnc3-c3cn(C4CCNCC4)nn3)no2)cc1. The first-order chi connectivity index (χ1) is 13.9. The highest BCUT2D eigenvalue weighted by atomic mass is 16.5. The Bertz CT molecular complexity index is 1040. The van der Waals surface area contributed by atoms with Gasteiger partial charge in [-0.25, -0.2) is 9.67 Å². The van der Waals surface area contributed by atoms with Gasteiger partial charge in [0.25, 0.3) is 0 Å². The summed E-state index contributed by atoms with van der Waals surface area (Å²) in [5.41, 5.74) is 2.62. The van der Waals surface area contributed by atoms with Gasteiger partial charge < -0.3 is 14.4 Å². The molecule has 8 heteroatoms. The molecular formula is C20H21N7O. The van der Waals surface area contributed by atoms with Crippen molar-refractivity contribution in [3.8, 4) is 22.8 Å². The maximum atomic E-state index is 5.51. The third kappa shape index (κ3) is 3.34. The highest BCUT2D eigenvalue weighted by Crippen LogP contribution is 2.23. The molecule has 4 heterocycles. The fraction of sp³-hybridized carbons (Fsp3) is 0.300. The minimum Gasteiger partial charge on any atom is -0.356 e. The molecule has 4 aromatic rings. The fourth-order valence-corrected chi connectivity index (χ4v) is 3.60. The smallest absolute Gasteiger partial charge is 0.167 e. The minimum absolute atomic E-state index is 0.398. The molecule has 1 fully saturated rings. The van der Waals surface area contributed by atoms with Crippen LogP contribution in [0.1, 0.15) is 24.6 Å². The van der Waals surface area contributed by atoms with E-state index in [0.717, 1.165) is 54.5 Å². The van der Waals surface area contributed by atoms with E-state index in [0.29, 0.717) is 12.6 Å². The lowest BCUT2D eigenvalue weighted by Crippen LogP contribution is -2.29. The predicted octanol–water partition coefficient (Wildman–Crippen LogP) is 2.77. The molecule has 0 spiro atoms. The molecule has 5 rings (SSSR count). The third-order valence-corrected chi connectivity index (χ3v) is 5.09. The molecular weight excluding hydrogens is 354 g/mol. The number of rotatable bonds is 5. The van der Waals surface area contributed by atoms with Gasteiger partial charge in [0.05, 0.1) is 18.8 Å². The van der Waals surface area contributed by atoms with Crippen LogP contribution in [0.4, 0.5) is 0 Å². The fourth-order valence-electron chi connectivity index (χ4n) is 3.60. The summed E-state index contributed by atoms with van der Waals surface area (Å²) in [5.74, 6) is 1.54. The summed E-state index contributed by atoms with van der Waals surface area (Å²) in [6.07, 6.45) is 7.83. The van der Waals surface area contributed by atoms with Crippen molar-refractivity contribution in [3.63, 3.8) is 0 Å². The zero-order valence-electron chi connectivity index (χ0n) is 15.4. The van der Waals surface area contributed by atoms with Crippen molar-refractivity contribution in [1.29, 1.82) is 0 Å². The topological polar surface area (TPSA) is 86.6 Å². The second-order valence-corrected chi connectivity index (χ2v) is 6.99. The zero-order chi connectivity index (χ0) is 18.8. The lowest BCUT2D eigenvalue weighted by Gasteiger charge is -2.22. The first-order valence-corrected chi connectivity index (χ1v) is 9.52. The second-order valence-electron chi connectivity index (χ2n) is 6.99. The first kappa shape index (κ1) is 16.9. The third-order valence-electron chi connectivity index (χ3n) is 5.09. The zero-order valence-corrected chi connectivity index (χ0v) is 15.4. The van der Waals surface area contributed by atoms with E-state index in [2.05, 4.69) is 25.8 Å². The van der Waals surface area contributed by atoms with Crippen LogP contribution >= 0.6 is 0 Å². The van der Waals surface area contributed by atoms with E-state index in [4.69, 9.17) is 4.52 Å². The monoisotopic (exact) mass is 375 g/mol. The van der Waals surface area contributed by atoms with Crippen LogP contribution in [0.3, 0.4) is 0 Å². The Labute approximate surface area is 162 Å². The lowest BCUT2D eigenvalue weighted by molar-refractivity contribution is 0.337. The van der Waals surface area contributed by atoms with Crippen molar-refractivity contribution in [3.05, 3.63) is 60.7 Å². The lowest BCUT2D eigenvalue weighted by atomic mass is 10.1. The largest absolute Gasteiger partial charge is 0.356 e. The van der Waals surface area contributed by atoms with E-state index < -0.39 is 0 Å². The quantitative estimate of drug-likeness (QED) is 0.577. The van der Waals surface area contributed by atoms with Gasteiger partial charge in [0, 0.05) is 24.0 Å². The predicted molar refractivity (Wildman–Crippen MR) is 103 cm³/mol. The van der Waals surface area contributed by atoms with Gasteiger partial charge >= 0.3 is 0 Å². The molecule has 0 bridgehead atoms.